The van der Waals surface area contributed by atoms with Gasteiger partial charge >= 0.3 is 12.1 Å². The molecule has 12 aromatic carbocycles. The molecule has 0 radical (unpaired) electrons. The van der Waals surface area contributed by atoms with Crippen molar-refractivity contribution in [3.05, 3.63) is 352 Å². The summed E-state index contributed by atoms with van der Waals surface area (Å²) in [7, 11) is 1.35. The number of aryl methyl sites for hydroxylation is 8. The highest BCUT2D eigenvalue weighted by molar-refractivity contribution is 7.98. The van der Waals surface area contributed by atoms with Crippen molar-refractivity contribution in [2.24, 2.45) is 0 Å². The Balaban J connectivity index is 0.000000147. The van der Waals surface area contributed by atoms with Crippen LogP contribution in [0.1, 0.15) is 85.8 Å². The first-order chi connectivity index (χ1) is 62.2. The number of nitrogens with zero attached hydrogens (tertiary/aromatic N) is 12. The monoisotopic (exact) mass is 1740 g/mol. The highest BCUT2D eigenvalue weighted by atomic mass is 32.2. The molecule has 0 fully saturated rings. The van der Waals surface area contributed by atoms with Crippen LogP contribution in [0.15, 0.2) is 296 Å². The minimum Gasteiger partial charge on any atom is -0.465 e. The fraction of sp³-hybridized carbons (Fsp3) is 0.141. The fourth-order valence-corrected chi connectivity index (χ4v) is 13.2. The molecule has 16 rings (SSSR count). The Labute approximate surface area is 751 Å². The fourth-order valence-electron chi connectivity index (χ4n) is 12.8. The second kappa shape index (κ2) is 43.5. The number of benzene rings is 12. The molecule has 12 N–H and O–H groups in total. The highest BCUT2D eigenvalue weighted by Crippen LogP contribution is 2.33. The van der Waals surface area contributed by atoms with Gasteiger partial charge in [0.15, 0.2) is 0 Å². The molecular formula is C99H97F3N24O2S. The van der Waals surface area contributed by atoms with Crippen molar-refractivity contribution < 1.29 is 22.7 Å². The number of rotatable bonds is 27. The van der Waals surface area contributed by atoms with E-state index in [4.69, 9.17) is 4.74 Å². The van der Waals surface area contributed by atoms with Crippen LogP contribution in [0, 0.1) is 55.4 Å². The van der Waals surface area contributed by atoms with Gasteiger partial charge in [-0.2, -0.15) is 73.0 Å². The van der Waals surface area contributed by atoms with Gasteiger partial charge in [-0.15, -0.1) is 11.8 Å². The molecule has 0 aliphatic carbocycles. The van der Waals surface area contributed by atoms with Gasteiger partial charge in [0.1, 0.15) is 0 Å². The Morgan fingerprint density at radius 2 is 0.481 bits per heavy atom. The number of methoxy groups -OCH3 is 1. The number of ether oxygens (including phenoxy) is 1. The SMILES string of the molecule is COC(=O)c1cccc(Nc2nc(Nc3cccc(C)c3)nc(Nc3cccc(C)c3)n2)c1.CSc1cccc(Nc2nc(Nc3cccc(C)c3)nc(Nc3cccc(C)c3)n2)c1.Cc1cccc(Nc2nc(Nc3ccc(C(F)(F)F)cc3)nc(Nc3cccc(C)c3)n2)c1.Cc1cccc(Nc2nc(Nc3cccc(C)c3)nc(Nc3cccc(C(C)C)c3)n2)c1. The van der Waals surface area contributed by atoms with Crippen molar-refractivity contribution >= 4 is 157 Å². The average Bonchev–Trinajstić information content (AvgIpc) is 0.838. The molecule has 26 nitrogen and oxygen atoms in total. The van der Waals surface area contributed by atoms with Crippen molar-refractivity contribution in [1.29, 1.82) is 0 Å². The van der Waals surface area contributed by atoms with Gasteiger partial charge in [0.05, 0.1) is 18.2 Å². The molecule has 0 aliphatic heterocycles. The largest absolute Gasteiger partial charge is 0.465 e. The van der Waals surface area contributed by atoms with Crippen molar-refractivity contribution in [2.45, 2.75) is 86.2 Å². The van der Waals surface area contributed by atoms with E-state index in [2.05, 4.69) is 232 Å². The molecule has 0 spiro atoms. The van der Waals surface area contributed by atoms with Crippen LogP contribution in [0.3, 0.4) is 0 Å². The van der Waals surface area contributed by atoms with E-state index in [0.29, 0.717) is 76.4 Å². The van der Waals surface area contributed by atoms with Gasteiger partial charge in [0.25, 0.3) is 0 Å². The van der Waals surface area contributed by atoms with Crippen LogP contribution in [0.4, 0.5) is 153 Å². The Bertz CT molecular complexity index is 6260. The van der Waals surface area contributed by atoms with Crippen LogP contribution in [0.2, 0.25) is 0 Å². The Morgan fingerprint density at radius 3 is 0.705 bits per heavy atom. The van der Waals surface area contributed by atoms with Crippen LogP contribution in [-0.4, -0.2) is 79.1 Å². The molecule has 0 aliphatic rings. The van der Waals surface area contributed by atoms with Crippen LogP contribution < -0.4 is 63.8 Å². The third-order valence-corrected chi connectivity index (χ3v) is 19.6. The Hall–Kier alpha value is -16.1. The summed E-state index contributed by atoms with van der Waals surface area (Å²) >= 11 is 1.69. The summed E-state index contributed by atoms with van der Waals surface area (Å²) in [4.78, 5) is 67.3. The maximum atomic E-state index is 12.9. The van der Waals surface area contributed by atoms with Crippen molar-refractivity contribution in [3.63, 3.8) is 0 Å². The highest BCUT2D eigenvalue weighted by Gasteiger charge is 2.30. The van der Waals surface area contributed by atoms with E-state index in [1.165, 1.54) is 24.8 Å². The zero-order valence-electron chi connectivity index (χ0n) is 73.0. The first kappa shape index (κ1) is 90.6. The number of esters is 1. The van der Waals surface area contributed by atoms with E-state index in [1.54, 1.807) is 30.0 Å². The lowest BCUT2D eigenvalue weighted by molar-refractivity contribution is -0.137. The second-order valence-corrected chi connectivity index (χ2v) is 31.2. The molecule has 30 heteroatoms. The molecule has 4 aromatic heterocycles. The van der Waals surface area contributed by atoms with E-state index in [-0.39, 0.29) is 17.8 Å². The standard InChI is InChI=1S/C26H28N6.C25H24N6O2.C24H21F3N6.C24H24N6S/c1-17(2)20-10-7-13-23(16-20)29-26-31-24(27-21-11-5-8-18(3)14-21)30-25(32-26)28-22-12-6-9-19(4)15-22;1-16-7-4-10-19(13-16)26-23-29-24(27-20-11-5-8-17(2)14-20)31-25(30-23)28-21-12-6-9-18(15-21)22(32)33-3;1-15-5-3-7-19(13-15)29-22-31-21(28-18-11-9-17(10-12-18)24(25,26)27)32-23(33-22)30-20-8-4-6-16(2)14-20;1-16-7-4-9-18(13-16)25-22-28-23(26-19-10-5-8-17(2)14-19)30-24(29-22)27-20-11-6-12-21(15-20)31-3/h5-17H,1-4H3,(H3,27,28,29,30,31,32);4-15H,1-3H3,(H3,26,27,28,29,30,31);3-14H,1-2H3,(H3,28,29,30,31,32,33);4-15H,1-3H3,(H3,25,26,27,28,29,30). The lowest BCUT2D eigenvalue weighted by atomic mass is 10.0. The summed E-state index contributed by atoms with van der Waals surface area (Å²) in [5.41, 5.74) is 19.8. The number of aromatic nitrogens is 12. The molecule has 0 saturated carbocycles. The van der Waals surface area contributed by atoms with Crippen LogP contribution >= 0.6 is 11.8 Å². The molecule has 16 aromatic rings. The number of hydrogen-bond acceptors (Lipinski definition) is 27. The molecular weight excluding hydrogens is 1650 g/mol. The average molecular weight is 1740 g/mol. The molecule has 129 heavy (non-hydrogen) atoms. The first-order valence-electron chi connectivity index (χ1n) is 41.2. The lowest BCUT2D eigenvalue weighted by Crippen LogP contribution is -2.08. The van der Waals surface area contributed by atoms with E-state index in [0.717, 1.165) is 118 Å². The summed E-state index contributed by atoms with van der Waals surface area (Å²) in [6.07, 6.45) is -2.35. The minimum absolute atomic E-state index is 0.176. The van der Waals surface area contributed by atoms with E-state index in [9.17, 15) is 18.0 Å². The van der Waals surface area contributed by atoms with Crippen molar-refractivity contribution in [1.82, 2.24) is 59.8 Å². The minimum atomic E-state index is -4.40. The predicted octanol–water partition coefficient (Wildman–Crippen LogP) is 25.5. The number of alkyl halides is 3. The van der Waals surface area contributed by atoms with E-state index in [1.807, 2.05) is 216 Å². The van der Waals surface area contributed by atoms with Crippen LogP contribution in [0.5, 0.6) is 0 Å². The zero-order chi connectivity index (χ0) is 90.8. The smallest absolute Gasteiger partial charge is 0.416 e. The topological polar surface area (TPSA) is 325 Å². The van der Waals surface area contributed by atoms with Crippen molar-refractivity contribution in [2.75, 3.05) is 77.2 Å². The van der Waals surface area contributed by atoms with E-state index < -0.39 is 17.7 Å². The molecule has 0 bridgehead atoms. The maximum Gasteiger partial charge on any atom is 0.416 e. The van der Waals surface area contributed by atoms with Gasteiger partial charge in [0, 0.05) is 73.1 Å². The van der Waals surface area contributed by atoms with Gasteiger partial charge in [-0.3, -0.25) is 0 Å². The molecule has 0 unspecified atom stereocenters. The van der Waals surface area contributed by atoms with Gasteiger partial charge in [-0.1, -0.05) is 135 Å². The Morgan fingerprint density at radius 1 is 0.271 bits per heavy atom. The number of hydrogen-bond donors (Lipinski definition) is 12. The molecule has 4 heterocycles. The summed E-state index contributed by atoms with van der Waals surface area (Å²) < 4.78 is 43.4. The third-order valence-electron chi connectivity index (χ3n) is 18.9. The van der Waals surface area contributed by atoms with Gasteiger partial charge in [-0.05, 0) is 287 Å². The number of halogens is 3. The zero-order valence-corrected chi connectivity index (χ0v) is 73.8. The van der Waals surface area contributed by atoms with Crippen LogP contribution in [-0.2, 0) is 10.9 Å². The summed E-state index contributed by atoms with van der Waals surface area (Å²) in [6.45, 7) is 20.5. The van der Waals surface area contributed by atoms with Crippen LogP contribution in [0.25, 0.3) is 0 Å². The number of carbonyl (C=O) groups excluding carboxylic acids is 1. The first-order valence-corrected chi connectivity index (χ1v) is 42.4. The maximum absolute atomic E-state index is 12.9. The van der Waals surface area contributed by atoms with Gasteiger partial charge in [0.2, 0.25) is 71.4 Å². The molecule has 652 valence electrons. The number of carbonyl (C=O) groups is 1. The third kappa shape index (κ3) is 28.5. The summed E-state index contributed by atoms with van der Waals surface area (Å²) in [5, 5.41) is 38.6. The summed E-state index contributed by atoms with van der Waals surface area (Å²) in [6, 6.07) is 91.6. The molecule has 0 atom stereocenters. The molecule has 0 amide bonds. The second-order valence-electron chi connectivity index (χ2n) is 30.3. The van der Waals surface area contributed by atoms with Gasteiger partial charge in [-0.25, -0.2) is 4.79 Å². The quantitative estimate of drug-likeness (QED) is 0.0168. The number of nitrogens with one attached hydrogen (secondary N) is 12. The Kier molecular flexibility index (Phi) is 30.5. The lowest BCUT2D eigenvalue weighted by Gasteiger charge is -2.13. The van der Waals surface area contributed by atoms with E-state index >= 15 is 0 Å². The predicted molar refractivity (Wildman–Crippen MR) is 516 cm³/mol. The molecule has 0 saturated heterocycles. The van der Waals surface area contributed by atoms with Crippen molar-refractivity contribution in [3.8, 4) is 0 Å². The van der Waals surface area contributed by atoms with Gasteiger partial charge < -0.3 is 68.5 Å². The number of anilines is 24. The number of thioether (sulfide) groups is 1. The summed E-state index contributed by atoms with van der Waals surface area (Å²) in [5.74, 6) is 4.57. The normalized spacial score (nSPS) is 10.7.